The lowest BCUT2D eigenvalue weighted by atomic mass is 10.2. The van der Waals surface area contributed by atoms with Crippen LogP contribution in [0.3, 0.4) is 0 Å². The minimum Gasteiger partial charge on any atom is -0.465 e. The van der Waals surface area contributed by atoms with Gasteiger partial charge in [0.1, 0.15) is 0 Å². The number of carbonyl (C=O) groups is 1. The van der Waals surface area contributed by atoms with E-state index in [1.807, 2.05) is 12.1 Å². The Balaban J connectivity index is 2.03. The van der Waals surface area contributed by atoms with Crippen molar-refractivity contribution < 1.29 is 14.3 Å². The molecule has 2 aromatic rings. The number of benzene rings is 2. The molecule has 0 aliphatic carbocycles. The summed E-state index contributed by atoms with van der Waals surface area (Å²) in [5.41, 5.74) is 0. The minimum atomic E-state index is -2.63. The van der Waals surface area contributed by atoms with E-state index in [2.05, 4.69) is 91.9 Å². The molecule has 6 heteroatoms. The third-order valence-electron chi connectivity index (χ3n) is 5.52. The zero-order chi connectivity index (χ0) is 20.4. The van der Waals surface area contributed by atoms with E-state index in [0.717, 1.165) is 6.42 Å². The Kier molecular flexibility index (Phi) is 6.51. The molecular weight excluding hydrogens is 481 g/mol. The normalized spacial score (nSPS) is 20.4. The van der Waals surface area contributed by atoms with Crippen molar-refractivity contribution in [3.8, 4) is 0 Å². The fourth-order valence-corrected chi connectivity index (χ4v) is 9.84. The topological polar surface area (TPSA) is 49.8 Å². The number of hydrogen-bond acceptors (Lipinski definition) is 2. The van der Waals surface area contributed by atoms with Gasteiger partial charge in [0.15, 0.2) is 0 Å². The lowest BCUT2D eigenvalue weighted by Gasteiger charge is -2.44. The Morgan fingerprint density at radius 1 is 1.11 bits per heavy atom. The van der Waals surface area contributed by atoms with E-state index < -0.39 is 14.4 Å². The van der Waals surface area contributed by atoms with E-state index in [4.69, 9.17) is 4.43 Å². The fourth-order valence-electron chi connectivity index (χ4n) is 4.23. The zero-order valence-electron chi connectivity index (χ0n) is 16.6. The van der Waals surface area contributed by atoms with Crippen LogP contribution >= 0.6 is 22.6 Å². The second-order valence-corrected chi connectivity index (χ2v) is 14.5. The summed E-state index contributed by atoms with van der Waals surface area (Å²) in [4.78, 5) is 13.2. The molecule has 28 heavy (non-hydrogen) atoms. The van der Waals surface area contributed by atoms with Crippen molar-refractivity contribution in [2.45, 2.75) is 42.2 Å². The molecule has 0 aromatic heterocycles. The molecule has 0 bridgehead atoms. The van der Waals surface area contributed by atoms with Crippen LogP contribution in [-0.2, 0) is 4.43 Å². The Morgan fingerprint density at radius 2 is 1.61 bits per heavy atom. The number of rotatable bonds is 5. The summed E-state index contributed by atoms with van der Waals surface area (Å²) in [6.07, 6.45) is -0.0133. The van der Waals surface area contributed by atoms with Gasteiger partial charge in [-0.05, 0) is 21.8 Å². The molecular formula is C22H28INO3Si. The molecule has 4 nitrogen and oxygen atoms in total. The minimum absolute atomic E-state index is 0.0963. The molecule has 1 heterocycles. The standard InChI is InChI=1S/C22H28INO3Si/c1-22(2,3)28(19-10-6-4-7-11-19,20-12-8-5-9-13-20)27-16-18-14-17(23)15-24(18)21(25)26/h4-13,17-18H,14-16H2,1-3H3,(H,25,26). The molecule has 150 valence electrons. The maximum Gasteiger partial charge on any atom is 0.407 e. The van der Waals surface area contributed by atoms with Crippen molar-refractivity contribution >= 4 is 47.4 Å². The highest BCUT2D eigenvalue weighted by atomic mass is 127. The molecule has 1 saturated heterocycles. The van der Waals surface area contributed by atoms with Crippen LogP contribution in [0.5, 0.6) is 0 Å². The van der Waals surface area contributed by atoms with E-state index in [1.165, 1.54) is 10.4 Å². The number of hydrogen-bond donors (Lipinski definition) is 1. The molecule has 1 N–H and O–H groups in total. The number of amides is 1. The van der Waals surface area contributed by atoms with E-state index in [9.17, 15) is 9.90 Å². The third kappa shape index (κ3) is 4.14. The number of alkyl halides is 1. The third-order valence-corrected chi connectivity index (χ3v) is 11.4. The van der Waals surface area contributed by atoms with Crippen LogP contribution in [0.4, 0.5) is 4.79 Å². The molecule has 1 amide bonds. The lowest BCUT2D eigenvalue weighted by Crippen LogP contribution is -2.67. The first-order valence-corrected chi connectivity index (χ1v) is 12.8. The van der Waals surface area contributed by atoms with Crippen molar-refractivity contribution in [3.63, 3.8) is 0 Å². The largest absolute Gasteiger partial charge is 0.465 e. The molecule has 2 aromatic carbocycles. The van der Waals surface area contributed by atoms with Crippen LogP contribution in [0.2, 0.25) is 5.04 Å². The molecule has 1 fully saturated rings. The van der Waals surface area contributed by atoms with Gasteiger partial charge in [-0.15, -0.1) is 0 Å². The lowest BCUT2D eigenvalue weighted by molar-refractivity contribution is 0.121. The average molecular weight is 509 g/mol. The van der Waals surface area contributed by atoms with Crippen LogP contribution in [-0.4, -0.2) is 47.5 Å². The summed E-state index contributed by atoms with van der Waals surface area (Å²) in [6.45, 7) is 7.72. The molecule has 0 spiro atoms. The maximum absolute atomic E-state index is 11.7. The first-order chi connectivity index (χ1) is 13.3. The van der Waals surface area contributed by atoms with Gasteiger partial charge in [0, 0.05) is 10.5 Å². The van der Waals surface area contributed by atoms with E-state index in [1.54, 1.807) is 4.90 Å². The molecule has 2 unspecified atom stereocenters. The molecule has 1 aliphatic rings. The van der Waals surface area contributed by atoms with Crippen LogP contribution < -0.4 is 10.4 Å². The van der Waals surface area contributed by atoms with Crippen molar-refractivity contribution in [3.05, 3.63) is 60.7 Å². The summed E-state index contributed by atoms with van der Waals surface area (Å²) in [7, 11) is -2.63. The van der Waals surface area contributed by atoms with Gasteiger partial charge in [0.25, 0.3) is 8.32 Å². The van der Waals surface area contributed by atoms with Gasteiger partial charge in [-0.25, -0.2) is 4.79 Å². The van der Waals surface area contributed by atoms with Crippen LogP contribution in [0, 0.1) is 0 Å². The van der Waals surface area contributed by atoms with Gasteiger partial charge < -0.3 is 14.4 Å². The van der Waals surface area contributed by atoms with Crippen molar-refractivity contribution in [2.75, 3.05) is 13.2 Å². The summed E-state index contributed by atoms with van der Waals surface area (Å²) in [5, 5.41) is 11.9. The first kappa shape index (κ1) is 21.3. The predicted octanol–water partition coefficient (Wildman–Crippen LogP) is 4.12. The Morgan fingerprint density at radius 3 is 2.04 bits per heavy atom. The van der Waals surface area contributed by atoms with Crippen LogP contribution in [0.1, 0.15) is 27.2 Å². The van der Waals surface area contributed by atoms with Crippen molar-refractivity contribution in [1.29, 1.82) is 0 Å². The second kappa shape index (κ2) is 8.55. The van der Waals surface area contributed by atoms with Gasteiger partial charge in [0.2, 0.25) is 0 Å². The highest BCUT2D eigenvalue weighted by molar-refractivity contribution is 14.1. The summed E-state index contributed by atoms with van der Waals surface area (Å²) in [5.74, 6) is 0. The average Bonchev–Trinajstić information content (AvgIpc) is 3.04. The van der Waals surface area contributed by atoms with E-state index in [-0.39, 0.29) is 11.1 Å². The second-order valence-electron chi connectivity index (χ2n) is 8.40. The van der Waals surface area contributed by atoms with Gasteiger partial charge in [-0.1, -0.05) is 104 Å². The van der Waals surface area contributed by atoms with Crippen LogP contribution in [0.15, 0.2) is 60.7 Å². The molecule has 0 saturated carbocycles. The van der Waals surface area contributed by atoms with E-state index >= 15 is 0 Å². The van der Waals surface area contributed by atoms with Crippen molar-refractivity contribution in [2.24, 2.45) is 0 Å². The van der Waals surface area contributed by atoms with Gasteiger partial charge >= 0.3 is 6.09 Å². The molecule has 3 rings (SSSR count). The summed E-state index contributed by atoms with van der Waals surface area (Å²) >= 11 is 2.35. The Labute approximate surface area is 182 Å². The fraction of sp³-hybridized carbons (Fsp3) is 0.409. The number of carboxylic acid groups (broad SMARTS) is 1. The van der Waals surface area contributed by atoms with Crippen molar-refractivity contribution in [1.82, 2.24) is 4.90 Å². The van der Waals surface area contributed by atoms with Crippen LogP contribution in [0.25, 0.3) is 0 Å². The smallest absolute Gasteiger partial charge is 0.407 e. The highest BCUT2D eigenvalue weighted by Gasteiger charge is 2.51. The zero-order valence-corrected chi connectivity index (χ0v) is 19.8. The number of nitrogens with zero attached hydrogens (tertiary/aromatic N) is 1. The first-order valence-electron chi connectivity index (χ1n) is 9.64. The van der Waals surface area contributed by atoms with Gasteiger partial charge in [0.05, 0.1) is 12.6 Å². The monoisotopic (exact) mass is 509 g/mol. The maximum atomic E-state index is 11.7. The predicted molar refractivity (Wildman–Crippen MR) is 125 cm³/mol. The molecule has 0 radical (unpaired) electrons. The van der Waals surface area contributed by atoms with Gasteiger partial charge in [-0.3, -0.25) is 0 Å². The van der Waals surface area contributed by atoms with Gasteiger partial charge in [-0.2, -0.15) is 0 Å². The summed E-state index contributed by atoms with van der Waals surface area (Å²) < 4.78 is 7.24. The number of likely N-dealkylation sites (tertiary alicyclic amines) is 1. The Bertz CT molecular complexity index is 755. The van der Waals surface area contributed by atoms with E-state index in [0.29, 0.717) is 17.1 Å². The summed E-state index contributed by atoms with van der Waals surface area (Å²) in [6, 6.07) is 20.9. The number of halogens is 1. The highest BCUT2D eigenvalue weighted by Crippen LogP contribution is 2.37. The SMILES string of the molecule is CC(C)(C)[Si](OCC1CC(I)CN1C(=O)O)(c1ccccc1)c1ccccc1. The Hall–Kier alpha value is -1.38. The molecule has 2 atom stereocenters. The molecule has 1 aliphatic heterocycles. The quantitative estimate of drug-likeness (QED) is 0.375.